The summed E-state index contributed by atoms with van der Waals surface area (Å²) in [6, 6.07) is 7.36. The van der Waals surface area contributed by atoms with Gasteiger partial charge in [-0.15, -0.1) is 0 Å². The van der Waals surface area contributed by atoms with Crippen molar-refractivity contribution in [3.63, 3.8) is 0 Å². The average molecular weight is 364 g/mol. The van der Waals surface area contributed by atoms with Gasteiger partial charge >= 0.3 is 16.9 Å². The second-order valence-corrected chi connectivity index (χ2v) is 5.34. The van der Waals surface area contributed by atoms with Gasteiger partial charge in [-0.25, -0.2) is 4.79 Å². The lowest BCUT2D eigenvalue weighted by Crippen LogP contribution is -2.37. The van der Waals surface area contributed by atoms with Crippen LogP contribution in [0.3, 0.4) is 0 Å². The molecule has 1 N–H and O–H groups in total. The van der Waals surface area contributed by atoms with Crippen LogP contribution < -0.4 is 16.7 Å². The van der Waals surface area contributed by atoms with Crippen LogP contribution in [0.4, 0.5) is 11.5 Å². The number of hydrazone groups is 1. The van der Waals surface area contributed by atoms with Gasteiger partial charge in [0, 0.05) is 18.6 Å². The van der Waals surface area contributed by atoms with Crippen LogP contribution in [0.2, 0.25) is 0 Å². The topological polar surface area (TPSA) is 96.5 Å². The molecule has 0 atom stereocenters. The van der Waals surface area contributed by atoms with Gasteiger partial charge < -0.3 is 0 Å². The number of rotatable bonds is 3. The van der Waals surface area contributed by atoms with Crippen molar-refractivity contribution in [2.24, 2.45) is 19.2 Å². The molecule has 0 aliphatic heterocycles. The largest absolute Gasteiger partial charge is 0.491 e. The number of halogens is 1. The van der Waals surface area contributed by atoms with E-state index in [1.54, 1.807) is 0 Å². The van der Waals surface area contributed by atoms with E-state index in [0.29, 0.717) is 0 Å². The smallest absolute Gasteiger partial charge is 0.275 e. The summed E-state index contributed by atoms with van der Waals surface area (Å²) in [6.45, 7) is 0. The van der Waals surface area contributed by atoms with Gasteiger partial charge in [0.15, 0.2) is 4.98 Å². The summed E-state index contributed by atoms with van der Waals surface area (Å²) in [5, 5.41) is 12.9. The van der Waals surface area contributed by atoms with Crippen molar-refractivity contribution in [2.45, 2.75) is 0 Å². The van der Waals surface area contributed by atoms with E-state index in [1.807, 2.05) is 24.3 Å². The van der Waals surface area contributed by atoms with Gasteiger partial charge in [0.1, 0.15) is 0 Å². The van der Waals surface area contributed by atoms with Gasteiger partial charge in [0.2, 0.25) is 11.2 Å². The van der Waals surface area contributed by atoms with Crippen molar-refractivity contribution < 1.29 is 0 Å². The molecule has 0 aliphatic rings. The predicted octanol–water partition coefficient (Wildman–Crippen LogP) is 1.78. The van der Waals surface area contributed by atoms with Gasteiger partial charge in [-0.1, -0.05) is 28.1 Å². The number of aromatic nitrogens is 2. The summed E-state index contributed by atoms with van der Waals surface area (Å²) in [5.74, 6) is 0.00367. The molecule has 9 heteroatoms. The predicted molar refractivity (Wildman–Crippen MR) is 87.0 cm³/mol. The number of nitrogens with one attached hydrogen (secondary N) is 1. The Morgan fingerprint density at radius 3 is 2.45 bits per heavy atom. The molecule has 2 rings (SSSR count). The fourth-order valence-corrected chi connectivity index (χ4v) is 2.03. The molecular formula is C13H12BrN6O2+. The Kier molecular flexibility index (Phi) is 4.53. The van der Waals surface area contributed by atoms with E-state index in [9.17, 15) is 9.59 Å². The van der Waals surface area contributed by atoms with Gasteiger partial charge in [-0.2, -0.15) is 5.10 Å². The maximum atomic E-state index is 11.9. The molecule has 0 amide bonds. The molecule has 0 bridgehead atoms. The number of hydrogen-bond acceptors (Lipinski definition) is 5. The lowest BCUT2D eigenvalue weighted by Gasteiger charge is -2.05. The molecule has 112 valence electrons. The van der Waals surface area contributed by atoms with E-state index >= 15 is 0 Å². The Morgan fingerprint density at radius 1 is 1.23 bits per heavy atom. The molecule has 0 spiro atoms. The number of anilines is 1. The monoisotopic (exact) mass is 363 g/mol. The van der Waals surface area contributed by atoms with Crippen LogP contribution in [0.25, 0.3) is 4.98 Å². The average Bonchev–Trinajstić information content (AvgIpc) is 2.52. The second-order valence-electron chi connectivity index (χ2n) is 4.42. The first kappa shape index (κ1) is 15.7. The highest BCUT2D eigenvalue weighted by Crippen LogP contribution is 2.17. The Bertz CT molecular complexity index is 889. The SMILES string of the molecule is Cn1c(N/N=C/c2ccc(Br)cc2)c([N+]#N)c(=O)n(C)c1=O. The summed E-state index contributed by atoms with van der Waals surface area (Å²) in [4.78, 5) is 26.7. The van der Waals surface area contributed by atoms with E-state index in [1.165, 1.54) is 20.3 Å². The molecular weight excluding hydrogens is 352 g/mol. The van der Waals surface area contributed by atoms with Crippen molar-refractivity contribution in [3.8, 4) is 0 Å². The van der Waals surface area contributed by atoms with Gasteiger partial charge in [0.05, 0.1) is 6.21 Å². The first-order valence-electron chi connectivity index (χ1n) is 6.15. The number of diazo groups is 1. The first-order valence-corrected chi connectivity index (χ1v) is 6.94. The van der Waals surface area contributed by atoms with Crippen LogP contribution in [-0.2, 0) is 14.1 Å². The fraction of sp³-hybridized carbons (Fsp3) is 0.154. The highest BCUT2D eigenvalue weighted by Gasteiger charge is 2.26. The van der Waals surface area contributed by atoms with E-state index in [0.717, 1.165) is 19.2 Å². The van der Waals surface area contributed by atoms with Gasteiger partial charge in [-0.05, 0) is 17.7 Å². The van der Waals surface area contributed by atoms with Gasteiger partial charge in [-0.3, -0.25) is 19.4 Å². The molecule has 8 nitrogen and oxygen atoms in total. The van der Waals surface area contributed by atoms with E-state index < -0.39 is 11.2 Å². The number of nitrogens with zero attached hydrogens (tertiary/aromatic N) is 5. The number of hydrogen-bond donors (Lipinski definition) is 1. The Hall–Kier alpha value is -2.73. The van der Waals surface area contributed by atoms with Crippen molar-refractivity contribution in [1.82, 2.24) is 9.13 Å². The van der Waals surface area contributed by atoms with Crippen molar-refractivity contribution in [1.29, 1.82) is 5.39 Å². The standard InChI is InChI=1S/C13H11BrN6O2/c1-19-11(10(17-15)12(21)20(2)13(19)22)18-16-7-8-3-5-9(14)6-4-8/h3-7H,1-2H3/p+1/b16-7+. The molecule has 0 fully saturated rings. The van der Waals surface area contributed by atoms with Crippen molar-refractivity contribution >= 4 is 33.6 Å². The normalized spacial score (nSPS) is 10.6. The Morgan fingerprint density at radius 2 is 1.86 bits per heavy atom. The van der Waals surface area contributed by atoms with Crippen LogP contribution in [0.1, 0.15) is 5.56 Å². The zero-order valence-electron chi connectivity index (χ0n) is 11.8. The minimum absolute atomic E-state index is 0.00367. The maximum absolute atomic E-state index is 11.9. The molecule has 22 heavy (non-hydrogen) atoms. The molecule has 0 saturated heterocycles. The molecule has 2 aromatic rings. The third-order valence-electron chi connectivity index (χ3n) is 2.99. The summed E-state index contributed by atoms with van der Waals surface area (Å²) >= 11 is 3.33. The highest BCUT2D eigenvalue weighted by atomic mass is 79.9. The molecule has 0 radical (unpaired) electrons. The zero-order chi connectivity index (χ0) is 16.3. The van der Waals surface area contributed by atoms with Crippen LogP contribution in [0.15, 0.2) is 43.4 Å². The Labute approximate surface area is 133 Å². The quantitative estimate of drug-likeness (QED) is 0.510. The van der Waals surface area contributed by atoms with Crippen LogP contribution in [-0.4, -0.2) is 15.3 Å². The maximum Gasteiger partial charge on any atom is 0.491 e. The summed E-state index contributed by atoms with van der Waals surface area (Å²) in [7, 11) is 2.74. The fourth-order valence-electron chi connectivity index (χ4n) is 1.76. The van der Waals surface area contributed by atoms with Crippen LogP contribution >= 0.6 is 15.9 Å². The number of benzene rings is 1. The van der Waals surface area contributed by atoms with Crippen LogP contribution in [0.5, 0.6) is 0 Å². The first-order chi connectivity index (χ1) is 10.5. The second kappa shape index (κ2) is 6.36. The molecule has 1 heterocycles. The third kappa shape index (κ3) is 2.96. The van der Waals surface area contributed by atoms with Crippen LogP contribution in [0, 0.1) is 5.39 Å². The van der Waals surface area contributed by atoms with Crippen molar-refractivity contribution in [2.75, 3.05) is 5.43 Å². The minimum atomic E-state index is -0.716. The summed E-state index contributed by atoms with van der Waals surface area (Å²) in [5.41, 5.74) is 1.80. The minimum Gasteiger partial charge on any atom is -0.275 e. The lowest BCUT2D eigenvalue weighted by atomic mass is 10.2. The zero-order valence-corrected chi connectivity index (χ0v) is 13.4. The third-order valence-corrected chi connectivity index (χ3v) is 3.52. The molecule has 0 saturated carbocycles. The molecule has 1 aromatic heterocycles. The molecule has 0 unspecified atom stereocenters. The summed E-state index contributed by atoms with van der Waals surface area (Å²) < 4.78 is 2.92. The van der Waals surface area contributed by atoms with Gasteiger partial charge in [0.25, 0.3) is 0 Å². The Balaban J connectivity index is 2.38. The van der Waals surface area contributed by atoms with E-state index in [-0.39, 0.29) is 11.5 Å². The molecule has 1 aromatic carbocycles. The highest BCUT2D eigenvalue weighted by molar-refractivity contribution is 9.10. The van der Waals surface area contributed by atoms with E-state index in [4.69, 9.17) is 5.39 Å². The lowest BCUT2D eigenvalue weighted by molar-refractivity contribution is 0.694. The van der Waals surface area contributed by atoms with E-state index in [2.05, 4.69) is 31.4 Å². The molecule has 0 aliphatic carbocycles. The summed E-state index contributed by atoms with van der Waals surface area (Å²) in [6.07, 6.45) is 1.51. The van der Waals surface area contributed by atoms with Crippen molar-refractivity contribution in [3.05, 3.63) is 60.1 Å².